The zero-order valence-corrected chi connectivity index (χ0v) is 7.92. The summed E-state index contributed by atoms with van der Waals surface area (Å²) in [6.07, 6.45) is 3.07. The van der Waals surface area contributed by atoms with Crippen LogP contribution in [-0.4, -0.2) is 39.6 Å². The lowest BCUT2D eigenvalue weighted by molar-refractivity contribution is -0.137. The molecule has 0 aliphatic heterocycles. The number of carbonyl (C=O) groups is 2. The van der Waals surface area contributed by atoms with Gasteiger partial charge in [-0.25, -0.2) is 0 Å². The van der Waals surface area contributed by atoms with Crippen molar-refractivity contribution in [1.29, 1.82) is 0 Å². The van der Waals surface area contributed by atoms with Crippen molar-refractivity contribution in [3.05, 3.63) is 18.0 Å². The van der Waals surface area contributed by atoms with E-state index in [1.807, 2.05) is 0 Å². The van der Waals surface area contributed by atoms with Crippen molar-refractivity contribution in [2.75, 3.05) is 6.54 Å². The van der Waals surface area contributed by atoms with Crippen LogP contribution in [0.2, 0.25) is 0 Å². The Bertz CT molecular complexity index is 369. The molecule has 1 saturated carbocycles. The molecule has 2 rings (SSSR count). The molecule has 1 fully saturated rings. The summed E-state index contributed by atoms with van der Waals surface area (Å²) < 4.78 is 4.70. The Balaban J connectivity index is 2.10. The first-order chi connectivity index (χ1) is 7.18. The van der Waals surface area contributed by atoms with Crippen LogP contribution in [-0.2, 0) is 4.79 Å². The molecule has 0 atom stereocenters. The van der Waals surface area contributed by atoms with Gasteiger partial charge in [0.1, 0.15) is 6.54 Å². The molecule has 1 aromatic heterocycles. The molecule has 0 aromatic carbocycles. The van der Waals surface area contributed by atoms with Gasteiger partial charge in [-0.2, -0.15) is 0 Å². The van der Waals surface area contributed by atoms with Crippen LogP contribution in [0.15, 0.2) is 16.8 Å². The standard InChI is InChI=1S/C9H10N2O4/c12-8(13)5-11(6-1-2-6)9(14)7-3-4-10-15-7/h3-4,6H,1-2,5H2,(H,12,13). The molecule has 0 spiro atoms. The van der Waals surface area contributed by atoms with Crippen molar-refractivity contribution in [2.24, 2.45) is 0 Å². The predicted molar refractivity (Wildman–Crippen MR) is 48.2 cm³/mol. The van der Waals surface area contributed by atoms with E-state index in [4.69, 9.17) is 9.63 Å². The molecular formula is C9H10N2O4. The molecule has 1 N–H and O–H groups in total. The summed E-state index contributed by atoms with van der Waals surface area (Å²) in [5.41, 5.74) is 0. The van der Waals surface area contributed by atoms with Crippen molar-refractivity contribution >= 4 is 11.9 Å². The van der Waals surface area contributed by atoms with Gasteiger partial charge in [-0.3, -0.25) is 9.59 Å². The molecule has 1 aliphatic carbocycles. The van der Waals surface area contributed by atoms with Gasteiger partial charge in [-0.15, -0.1) is 0 Å². The van der Waals surface area contributed by atoms with Crippen LogP contribution in [0, 0.1) is 0 Å². The summed E-state index contributed by atoms with van der Waals surface area (Å²) >= 11 is 0. The monoisotopic (exact) mass is 210 g/mol. The molecule has 6 heteroatoms. The third-order valence-corrected chi connectivity index (χ3v) is 2.20. The van der Waals surface area contributed by atoms with Gasteiger partial charge < -0.3 is 14.5 Å². The van der Waals surface area contributed by atoms with Crippen LogP contribution in [0.4, 0.5) is 0 Å². The average Bonchev–Trinajstić information content (AvgIpc) is 2.88. The normalized spacial score (nSPS) is 14.9. The van der Waals surface area contributed by atoms with Gasteiger partial charge in [-0.05, 0) is 12.8 Å². The zero-order valence-electron chi connectivity index (χ0n) is 7.92. The first kappa shape index (κ1) is 9.70. The molecule has 6 nitrogen and oxygen atoms in total. The minimum absolute atomic E-state index is 0.0405. The summed E-state index contributed by atoms with van der Waals surface area (Å²) in [6.45, 7) is -0.288. The quantitative estimate of drug-likeness (QED) is 0.775. The fraction of sp³-hybridized carbons (Fsp3) is 0.444. The van der Waals surface area contributed by atoms with Gasteiger partial charge in [-0.1, -0.05) is 5.16 Å². The lowest BCUT2D eigenvalue weighted by Gasteiger charge is -2.17. The maximum absolute atomic E-state index is 11.8. The Morgan fingerprint density at radius 1 is 1.60 bits per heavy atom. The summed E-state index contributed by atoms with van der Waals surface area (Å²) in [5, 5.41) is 12.1. The summed E-state index contributed by atoms with van der Waals surface area (Å²) in [5.74, 6) is -1.34. The van der Waals surface area contributed by atoms with Crippen molar-refractivity contribution in [3.63, 3.8) is 0 Å². The fourth-order valence-electron chi connectivity index (χ4n) is 1.37. The Labute approximate surface area is 85.5 Å². The number of carbonyl (C=O) groups excluding carboxylic acids is 1. The lowest BCUT2D eigenvalue weighted by atomic mass is 10.3. The molecule has 0 saturated heterocycles. The fourth-order valence-corrected chi connectivity index (χ4v) is 1.37. The average molecular weight is 210 g/mol. The first-order valence-electron chi connectivity index (χ1n) is 4.62. The van der Waals surface area contributed by atoms with E-state index in [2.05, 4.69) is 5.16 Å². The van der Waals surface area contributed by atoms with Crippen molar-refractivity contribution in [3.8, 4) is 0 Å². The van der Waals surface area contributed by atoms with E-state index < -0.39 is 11.9 Å². The van der Waals surface area contributed by atoms with Gasteiger partial charge in [0, 0.05) is 12.1 Å². The Kier molecular flexibility index (Phi) is 2.40. The molecule has 1 heterocycles. The number of hydrogen-bond donors (Lipinski definition) is 1. The highest BCUT2D eigenvalue weighted by Gasteiger charge is 2.35. The Morgan fingerprint density at radius 2 is 2.33 bits per heavy atom. The molecule has 1 aliphatic rings. The van der Waals surface area contributed by atoms with Gasteiger partial charge in [0.05, 0.1) is 6.20 Å². The maximum atomic E-state index is 11.8. The molecule has 0 unspecified atom stereocenters. The second kappa shape index (κ2) is 3.72. The second-order valence-corrected chi connectivity index (χ2v) is 3.43. The van der Waals surface area contributed by atoms with Crippen LogP contribution >= 0.6 is 0 Å². The molecule has 0 radical (unpaired) electrons. The van der Waals surface area contributed by atoms with E-state index in [-0.39, 0.29) is 18.3 Å². The van der Waals surface area contributed by atoms with E-state index in [0.717, 1.165) is 12.8 Å². The van der Waals surface area contributed by atoms with Crippen LogP contribution in [0.3, 0.4) is 0 Å². The first-order valence-corrected chi connectivity index (χ1v) is 4.62. The van der Waals surface area contributed by atoms with Crippen molar-refractivity contribution in [1.82, 2.24) is 10.1 Å². The van der Waals surface area contributed by atoms with E-state index in [0.29, 0.717) is 0 Å². The van der Waals surface area contributed by atoms with Gasteiger partial charge in [0.2, 0.25) is 5.76 Å². The number of hydrogen-bond acceptors (Lipinski definition) is 4. The maximum Gasteiger partial charge on any atom is 0.323 e. The number of carboxylic acid groups (broad SMARTS) is 1. The molecule has 0 bridgehead atoms. The lowest BCUT2D eigenvalue weighted by Crippen LogP contribution is -2.37. The van der Waals surface area contributed by atoms with E-state index in [1.165, 1.54) is 17.2 Å². The summed E-state index contributed by atoms with van der Waals surface area (Å²) in [7, 11) is 0. The third-order valence-electron chi connectivity index (χ3n) is 2.20. The van der Waals surface area contributed by atoms with E-state index in [1.54, 1.807) is 0 Å². The third kappa shape index (κ3) is 2.15. The number of carboxylic acids is 1. The van der Waals surface area contributed by atoms with Crippen molar-refractivity contribution in [2.45, 2.75) is 18.9 Å². The predicted octanol–water partition coefficient (Wildman–Crippen LogP) is 0.364. The van der Waals surface area contributed by atoms with Crippen LogP contribution in [0.25, 0.3) is 0 Å². The smallest absolute Gasteiger partial charge is 0.323 e. The van der Waals surface area contributed by atoms with Crippen LogP contribution < -0.4 is 0 Å². The highest BCUT2D eigenvalue weighted by atomic mass is 16.5. The number of amides is 1. The minimum atomic E-state index is -1.02. The Hall–Kier alpha value is -1.85. The van der Waals surface area contributed by atoms with Gasteiger partial charge >= 0.3 is 5.97 Å². The highest BCUT2D eigenvalue weighted by Crippen LogP contribution is 2.27. The number of rotatable bonds is 4. The molecule has 80 valence electrons. The van der Waals surface area contributed by atoms with Crippen LogP contribution in [0.1, 0.15) is 23.4 Å². The molecule has 15 heavy (non-hydrogen) atoms. The largest absolute Gasteiger partial charge is 0.480 e. The highest BCUT2D eigenvalue weighted by molar-refractivity contribution is 5.93. The minimum Gasteiger partial charge on any atom is -0.480 e. The van der Waals surface area contributed by atoms with Crippen molar-refractivity contribution < 1.29 is 19.2 Å². The zero-order chi connectivity index (χ0) is 10.8. The number of aromatic nitrogens is 1. The van der Waals surface area contributed by atoms with E-state index in [9.17, 15) is 9.59 Å². The SMILES string of the molecule is O=C(O)CN(C(=O)c1ccno1)C1CC1. The van der Waals surface area contributed by atoms with Gasteiger partial charge in [0.15, 0.2) is 0 Å². The molecule has 1 amide bonds. The van der Waals surface area contributed by atoms with E-state index >= 15 is 0 Å². The van der Waals surface area contributed by atoms with Gasteiger partial charge in [0.25, 0.3) is 5.91 Å². The second-order valence-electron chi connectivity index (χ2n) is 3.43. The number of nitrogens with zero attached hydrogens (tertiary/aromatic N) is 2. The molecule has 1 aromatic rings. The van der Waals surface area contributed by atoms with Crippen LogP contribution in [0.5, 0.6) is 0 Å². The topological polar surface area (TPSA) is 83.6 Å². The number of aliphatic carboxylic acids is 1. The summed E-state index contributed by atoms with van der Waals surface area (Å²) in [6, 6.07) is 1.47. The Morgan fingerprint density at radius 3 is 2.80 bits per heavy atom. The summed E-state index contributed by atoms with van der Waals surface area (Å²) in [4.78, 5) is 23.6. The molecular weight excluding hydrogens is 200 g/mol.